The van der Waals surface area contributed by atoms with Crippen LogP contribution in [0.15, 0.2) is 88.8 Å². The highest BCUT2D eigenvalue weighted by atomic mass is 32.2. The number of benzene rings is 3. The molecule has 3 aromatic rings. The van der Waals surface area contributed by atoms with Crippen LogP contribution in [0.1, 0.15) is 15.9 Å². The average molecular weight is 502 g/mol. The van der Waals surface area contributed by atoms with Gasteiger partial charge in [0.25, 0.3) is 11.8 Å². The molecule has 4 rings (SSSR count). The zero-order valence-electron chi connectivity index (χ0n) is 19.6. The lowest BCUT2D eigenvalue weighted by Gasteiger charge is -2.08. The van der Waals surface area contributed by atoms with Crippen molar-refractivity contribution in [1.82, 2.24) is 4.90 Å². The van der Waals surface area contributed by atoms with Gasteiger partial charge < -0.3 is 14.8 Å². The van der Waals surface area contributed by atoms with E-state index in [0.717, 1.165) is 5.56 Å². The summed E-state index contributed by atoms with van der Waals surface area (Å²) < 4.78 is 10.3. The number of carbonyl (C=O) groups is 3. The highest BCUT2D eigenvalue weighted by molar-refractivity contribution is 8.18. The number of para-hydroxylation sites is 1. The molecule has 1 saturated heterocycles. The third-order valence-corrected chi connectivity index (χ3v) is 6.16. The van der Waals surface area contributed by atoms with Crippen LogP contribution in [0.5, 0.6) is 5.75 Å². The molecule has 3 aromatic carbocycles. The topological polar surface area (TPSA) is 97.3 Å². The first-order valence-corrected chi connectivity index (χ1v) is 11.8. The van der Waals surface area contributed by atoms with Gasteiger partial charge in [0.1, 0.15) is 5.75 Å². The third kappa shape index (κ3) is 6.19. The van der Waals surface area contributed by atoms with E-state index in [9.17, 15) is 14.4 Å². The standard InChI is InChI=1S/C27H23N3O5S/c1-30-25(32)23(36-27(30)29-21-10-6-7-19(16-21)26(33)34-2)15-18-11-13-22(14-12-18)35-17-24(31)28-20-8-4-3-5-9-20/h3-16H,17H2,1-2H3,(H,28,31). The van der Waals surface area contributed by atoms with Gasteiger partial charge in [-0.2, -0.15) is 0 Å². The summed E-state index contributed by atoms with van der Waals surface area (Å²) in [6.45, 7) is -0.120. The molecule has 2 amide bonds. The maximum Gasteiger partial charge on any atom is 0.337 e. The highest BCUT2D eigenvalue weighted by Gasteiger charge is 2.30. The summed E-state index contributed by atoms with van der Waals surface area (Å²) in [6.07, 6.45) is 1.77. The van der Waals surface area contributed by atoms with E-state index in [0.29, 0.717) is 32.8 Å². The minimum Gasteiger partial charge on any atom is -0.484 e. The van der Waals surface area contributed by atoms with Crippen molar-refractivity contribution in [2.24, 2.45) is 4.99 Å². The Morgan fingerprint density at radius 1 is 1.03 bits per heavy atom. The minimum absolute atomic E-state index is 0.120. The molecule has 0 spiro atoms. The number of carbonyl (C=O) groups excluding carboxylic acids is 3. The lowest BCUT2D eigenvalue weighted by Crippen LogP contribution is -2.23. The molecule has 0 atom stereocenters. The molecular formula is C27H23N3O5S. The summed E-state index contributed by atoms with van der Waals surface area (Å²) in [5, 5.41) is 3.26. The Balaban J connectivity index is 1.39. The van der Waals surface area contributed by atoms with Crippen molar-refractivity contribution < 1.29 is 23.9 Å². The largest absolute Gasteiger partial charge is 0.484 e. The fraction of sp³-hybridized carbons (Fsp3) is 0.111. The van der Waals surface area contributed by atoms with E-state index < -0.39 is 5.97 Å². The van der Waals surface area contributed by atoms with E-state index in [4.69, 9.17) is 9.47 Å². The van der Waals surface area contributed by atoms with Gasteiger partial charge in [-0.25, -0.2) is 9.79 Å². The lowest BCUT2D eigenvalue weighted by molar-refractivity contribution is -0.121. The van der Waals surface area contributed by atoms with Crippen LogP contribution in [-0.2, 0) is 14.3 Å². The summed E-state index contributed by atoms with van der Waals surface area (Å²) in [7, 11) is 2.97. The summed E-state index contributed by atoms with van der Waals surface area (Å²) in [6, 6.07) is 22.9. The summed E-state index contributed by atoms with van der Waals surface area (Å²) >= 11 is 1.24. The molecule has 8 nitrogen and oxygen atoms in total. The summed E-state index contributed by atoms with van der Waals surface area (Å²) in [5.74, 6) is -0.353. The number of hydrogen-bond donors (Lipinski definition) is 1. The Hall–Kier alpha value is -4.37. The molecule has 1 aliphatic heterocycles. The number of nitrogens with zero attached hydrogens (tertiary/aromatic N) is 2. The lowest BCUT2D eigenvalue weighted by atomic mass is 10.2. The molecule has 0 bridgehead atoms. The number of hydrogen-bond acceptors (Lipinski definition) is 7. The van der Waals surface area contributed by atoms with Crippen molar-refractivity contribution in [2.75, 3.05) is 26.1 Å². The molecule has 9 heteroatoms. The average Bonchev–Trinajstić information content (AvgIpc) is 3.16. The number of esters is 1. The van der Waals surface area contributed by atoms with Gasteiger partial charge in [0, 0.05) is 12.7 Å². The van der Waals surface area contributed by atoms with Gasteiger partial charge in [0.05, 0.1) is 23.3 Å². The molecule has 0 aliphatic carbocycles. The van der Waals surface area contributed by atoms with Gasteiger partial charge in [-0.3, -0.25) is 14.5 Å². The van der Waals surface area contributed by atoms with E-state index in [1.54, 1.807) is 73.8 Å². The van der Waals surface area contributed by atoms with Crippen molar-refractivity contribution >= 4 is 52.2 Å². The number of aliphatic imine (C=N–C) groups is 1. The van der Waals surface area contributed by atoms with E-state index >= 15 is 0 Å². The van der Waals surface area contributed by atoms with Gasteiger partial charge >= 0.3 is 5.97 Å². The zero-order chi connectivity index (χ0) is 25.5. The first-order chi connectivity index (χ1) is 17.4. The van der Waals surface area contributed by atoms with Crippen LogP contribution in [0, 0.1) is 0 Å². The number of amides is 2. The quantitative estimate of drug-likeness (QED) is 0.372. The van der Waals surface area contributed by atoms with E-state index in [1.807, 2.05) is 18.2 Å². The molecule has 36 heavy (non-hydrogen) atoms. The zero-order valence-corrected chi connectivity index (χ0v) is 20.5. The molecule has 0 unspecified atom stereocenters. The SMILES string of the molecule is COC(=O)c1cccc(N=C2SC(=Cc3ccc(OCC(=O)Nc4ccccc4)cc3)C(=O)N2C)c1. The summed E-state index contributed by atoms with van der Waals surface area (Å²) in [4.78, 5) is 43.1. The van der Waals surface area contributed by atoms with E-state index in [-0.39, 0.29) is 18.4 Å². The molecule has 1 heterocycles. The predicted octanol–water partition coefficient (Wildman–Crippen LogP) is 4.72. The van der Waals surface area contributed by atoms with Crippen molar-refractivity contribution in [3.63, 3.8) is 0 Å². The Morgan fingerprint density at radius 2 is 1.78 bits per heavy atom. The molecule has 1 fully saturated rings. The molecule has 0 saturated carbocycles. The number of nitrogens with one attached hydrogen (secondary N) is 1. The maximum absolute atomic E-state index is 12.7. The van der Waals surface area contributed by atoms with Crippen LogP contribution >= 0.6 is 11.8 Å². The monoisotopic (exact) mass is 501 g/mol. The van der Waals surface area contributed by atoms with Gasteiger partial charge in [-0.1, -0.05) is 36.4 Å². The second-order valence-electron chi connectivity index (χ2n) is 7.68. The Morgan fingerprint density at radius 3 is 2.50 bits per heavy atom. The van der Waals surface area contributed by atoms with E-state index in [2.05, 4.69) is 10.3 Å². The number of thioether (sulfide) groups is 1. The fourth-order valence-electron chi connectivity index (χ4n) is 3.26. The smallest absolute Gasteiger partial charge is 0.337 e. The molecular weight excluding hydrogens is 478 g/mol. The first-order valence-electron chi connectivity index (χ1n) is 11.0. The number of anilines is 1. The Kier molecular flexibility index (Phi) is 7.82. The molecule has 1 N–H and O–H groups in total. The molecule has 1 aliphatic rings. The van der Waals surface area contributed by atoms with Crippen LogP contribution in [0.2, 0.25) is 0 Å². The Labute approximate surface area is 212 Å². The predicted molar refractivity (Wildman–Crippen MR) is 140 cm³/mol. The second kappa shape index (κ2) is 11.4. The number of amidine groups is 1. The second-order valence-corrected chi connectivity index (χ2v) is 8.69. The number of ether oxygens (including phenoxy) is 2. The van der Waals surface area contributed by atoms with Gasteiger partial charge in [-0.15, -0.1) is 0 Å². The van der Waals surface area contributed by atoms with Gasteiger partial charge in [-0.05, 0) is 65.9 Å². The number of likely N-dealkylation sites (N-methyl/N-ethyl adjacent to an activating group) is 1. The maximum atomic E-state index is 12.7. The molecule has 0 aromatic heterocycles. The van der Waals surface area contributed by atoms with Crippen LogP contribution in [0.3, 0.4) is 0 Å². The first kappa shape index (κ1) is 24.7. The van der Waals surface area contributed by atoms with Crippen molar-refractivity contribution in [3.8, 4) is 5.75 Å². The molecule has 0 radical (unpaired) electrons. The fourth-order valence-corrected chi connectivity index (χ4v) is 4.25. The van der Waals surface area contributed by atoms with Crippen molar-refractivity contribution in [1.29, 1.82) is 0 Å². The van der Waals surface area contributed by atoms with Crippen molar-refractivity contribution in [3.05, 3.63) is 94.9 Å². The van der Waals surface area contributed by atoms with Crippen LogP contribution in [0.25, 0.3) is 6.08 Å². The number of rotatable bonds is 7. The van der Waals surface area contributed by atoms with Crippen LogP contribution < -0.4 is 10.1 Å². The van der Waals surface area contributed by atoms with Crippen LogP contribution in [-0.4, -0.2) is 48.6 Å². The van der Waals surface area contributed by atoms with Crippen LogP contribution in [0.4, 0.5) is 11.4 Å². The highest BCUT2D eigenvalue weighted by Crippen LogP contribution is 2.33. The van der Waals surface area contributed by atoms with E-state index in [1.165, 1.54) is 23.8 Å². The van der Waals surface area contributed by atoms with Gasteiger partial charge in [0.15, 0.2) is 11.8 Å². The Bertz CT molecular complexity index is 1340. The minimum atomic E-state index is -0.453. The van der Waals surface area contributed by atoms with Gasteiger partial charge in [0.2, 0.25) is 0 Å². The molecule has 182 valence electrons. The number of methoxy groups -OCH3 is 1. The van der Waals surface area contributed by atoms with Crippen molar-refractivity contribution in [2.45, 2.75) is 0 Å². The third-order valence-electron chi connectivity index (χ3n) is 5.10. The summed E-state index contributed by atoms with van der Waals surface area (Å²) in [5.41, 5.74) is 2.43. The normalized spacial score (nSPS) is 15.3.